The molecule has 2 N–H and O–H groups in total. The molecule has 1 aliphatic rings. The fraction of sp³-hybridized carbons (Fsp3) is 0.318. The van der Waals surface area contributed by atoms with Crippen molar-refractivity contribution in [2.75, 3.05) is 18.0 Å². The summed E-state index contributed by atoms with van der Waals surface area (Å²) in [5.74, 6) is -0.171. The molecule has 1 aromatic heterocycles. The maximum Gasteiger partial charge on any atom is 0.198 e. The Morgan fingerprint density at radius 3 is 2.63 bits per heavy atom. The van der Waals surface area contributed by atoms with Crippen LogP contribution < -0.4 is 4.90 Å². The molecule has 27 heavy (non-hydrogen) atoms. The fourth-order valence-corrected chi connectivity index (χ4v) is 3.85. The number of hydrogen-bond acceptors (Lipinski definition) is 3. The zero-order chi connectivity index (χ0) is 18.8. The molecule has 4 nitrogen and oxygen atoms in total. The van der Waals surface area contributed by atoms with E-state index in [1.165, 1.54) is 18.9 Å². The number of anilines is 1. The van der Waals surface area contributed by atoms with E-state index in [0.717, 1.165) is 42.4 Å². The van der Waals surface area contributed by atoms with Crippen molar-refractivity contribution in [3.63, 3.8) is 0 Å². The van der Waals surface area contributed by atoms with Crippen LogP contribution in [0.15, 0.2) is 41.4 Å². The molecule has 2 aromatic carbocycles. The molecule has 0 amide bonds. The van der Waals surface area contributed by atoms with E-state index in [9.17, 15) is 9.50 Å². The molecule has 0 atom stereocenters. The number of benzene rings is 2. The van der Waals surface area contributed by atoms with Gasteiger partial charge in [0.15, 0.2) is 5.88 Å². The number of nitrogens with zero attached hydrogens (tertiary/aromatic N) is 2. The van der Waals surface area contributed by atoms with Crippen LogP contribution in [0.5, 0.6) is 5.88 Å². The van der Waals surface area contributed by atoms with Crippen molar-refractivity contribution in [3.8, 4) is 5.88 Å². The second kappa shape index (κ2) is 7.43. The quantitative estimate of drug-likeness (QED) is 0.606. The summed E-state index contributed by atoms with van der Waals surface area (Å²) in [6, 6.07) is 10.9. The molecule has 0 aliphatic carbocycles. The lowest BCUT2D eigenvalue weighted by Crippen LogP contribution is -2.24. The topological polar surface area (TPSA) is 51.6 Å². The van der Waals surface area contributed by atoms with Crippen molar-refractivity contribution in [1.29, 1.82) is 0 Å². The van der Waals surface area contributed by atoms with E-state index < -0.39 is 0 Å². The number of aromatic hydroxyl groups is 1. The maximum atomic E-state index is 14.7. The molecule has 1 fully saturated rings. The number of hydrogen-bond donors (Lipinski definition) is 2. The highest BCUT2D eigenvalue weighted by molar-refractivity contribution is 6.04. The van der Waals surface area contributed by atoms with Gasteiger partial charge in [-0.05, 0) is 43.5 Å². The molecule has 4 rings (SSSR count). The van der Waals surface area contributed by atoms with Gasteiger partial charge in [-0.25, -0.2) is 4.39 Å². The molecule has 0 spiro atoms. The lowest BCUT2D eigenvalue weighted by molar-refractivity contribution is 0.457. The maximum absolute atomic E-state index is 14.7. The van der Waals surface area contributed by atoms with Crippen LogP contribution in [0.1, 0.15) is 36.8 Å². The fourth-order valence-electron chi connectivity index (χ4n) is 3.85. The van der Waals surface area contributed by atoms with E-state index in [2.05, 4.69) is 14.9 Å². The van der Waals surface area contributed by atoms with Crippen molar-refractivity contribution >= 4 is 28.5 Å². The molecular weight excluding hydrogens is 341 g/mol. The van der Waals surface area contributed by atoms with E-state index in [-0.39, 0.29) is 11.7 Å². The third-order valence-electron chi connectivity index (χ3n) is 5.27. The van der Waals surface area contributed by atoms with Gasteiger partial charge in [0.05, 0.1) is 16.9 Å². The molecule has 3 aromatic rings. The number of aromatic nitrogens is 1. The largest absolute Gasteiger partial charge is 0.494 e. The number of fused-ring (bicyclic) bond motifs is 1. The van der Waals surface area contributed by atoms with Gasteiger partial charge in [0.2, 0.25) is 0 Å². The highest BCUT2D eigenvalue weighted by atomic mass is 19.1. The standard InChI is InChI=1S/C22H24FN3O/c1-15-7-6-8-19-21(15)17(22(27)25-19)14-24-16-9-10-20(18(23)13-16)26-11-4-2-3-5-12-26/h6-10,13-14,25,27H,2-5,11-12H2,1H3. The Kier molecular flexibility index (Phi) is 4.84. The Hall–Kier alpha value is -2.82. The number of nitrogens with one attached hydrogen (secondary N) is 1. The average molecular weight is 365 g/mol. The number of aliphatic imine (C=N–C) groups is 1. The smallest absolute Gasteiger partial charge is 0.198 e. The minimum atomic E-state index is -0.245. The normalized spacial score (nSPS) is 15.6. The molecule has 1 saturated heterocycles. The van der Waals surface area contributed by atoms with Crippen molar-refractivity contribution < 1.29 is 9.50 Å². The predicted octanol–water partition coefficient (Wildman–Crippen LogP) is 5.45. The lowest BCUT2D eigenvalue weighted by Gasteiger charge is -2.23. The van der Waals surface area contributed by atoms with Crippen molar-refractivity contribution in [2.45, 2.75) is 32.6 Å². The summed E-state index contributed by atoms with van der Waals surface area (Å²) in [5, 5.41) is 11.1. The van der Waals surface area contributed by atoms with Gasteiger partial charge in [0.1, 0.15) is 5.82 Å². The molecule has 2 heterocycles. The number of H-pyrrole nitrogens is 1. The summed E-state index contributed by atoms with van der Waals surface area (Å²) in [6.07, 6.45) is 6.25. The summed E-state index contributed by atoms with van der Waals surface area (Å²) in [6.45, 7) is 3.80. The Labute approximate surface area is 158 Å². The first-order chi connectivity index (χ1) is 13.1. The minimum Gasteiger partial charge on any atom is -0.494 e. The highest BCUT2D eigenvalue weighted by Gasteiger charge is 2.14. The summed E-state index contributed by atoms with van der Waals surface area (Å²) in [7, 11) is 0. The molecule has 0 radical (unpaired) electrons. The second-order valence-corrected chi connectivity index (χ2v) is 7.18. The van der Waals surface area contributed by atoms with Gasteiger partial charge < -0.3 is 15.0 Å². The second-order valence-electron chi connectivity index (χ2n) is 7.18. The van der Waals surface area contributed by atoms with Crippen LogP contribution in [-0.2, 0) is 0 Å². The zero-order valence-electron chi connectivity index (χ0n) is 15.5. The molecular formula is C22H24FN3O. The van der Waals surface area contributed by atoms with Crippen LogP contribution in [0, 0.1) is 12.7 Å². The van der Waals surface area contributed by atoms with Gasteiger partial charge in [0.25, 0.3) is 0 Å². The number of rotatable bonds is 3. The van der Waals surface area contributed by atoms with Crippen molar-refractivity contribution in [3.05, 3.63) is 53.3 Å². The van der Waals surface area contributed by atoms with Gasteiger partial charge in [-0.3, -0.25) is 4.99 Å². The zero-order valence-corrected chi connectivity index (χ0v) is 15.5. The average Bonchev–Trinajstić information content (AvgIpc) is 2.82. The van der Waals surface area contributed by atoms with E-state index in [0.29, 0.717) is 16.9 Å². The Morgan fingerprint density at radius 2 is 1.89 bits per heavy atom. The third-order valence-corrected chi connectivity index (χ3v) is 5.27. The Morgan fingerprint density at radius 1 is 1.11 bits per heavy atom. The van der Waals surface area contributed by atoms with Crippen LogP contribution in [0.2, 0.25) is 0 Å². The van der Waals surface area contributed by atoms with Crippen LogP contribution >= 0.6 is 0 Å². The first-order valence-corrected chi connectivity index (χ1v) is 9.52. The summed E-state index contributed by atoms with van der Waals surface area (Å²) < 4.78 is 14.7. The van der Waals surface area contributed by atoms with Gasteiger partial charge in [-0.2, -0.15) is 0 Å². The van der Waals surface area contributed by atoms with Crippen LogP contribution in [0.3, 0.4) is 0 Å². The van der Waals surface area contributed by atoms with Crippen LogP contribution in [-0.4, -0.2) is 29.4 Å². The van der Waals surface area contributed by atoms with E-state index >= 15 is 0 Å². The summed E-state index contributed by atoms with van der Waals surface area (Å²) in [5.41, 5.74) is 3.72. The molecule has 0 saturated carbocycles. The van der Waals surface area contributed by atoms with Gasteiger partial charge in [0, 0.05) is 36.3 Å². The van der Waals surface area contributed by atoms with Gasteiger partial charge >= 0.3 is 0 Å². The predicted molar refractivity (Wildman–Crippen MR) is 109 cm³/mol. The van der Waals surface area contributed by atoms with Crippen molar-refractivity contribution in [1.82, 2.24) is 4.98 Å². The molecule has 1 aliphatic heterocycles. The van der Waals surface area contributed by atoms with Crippen LogP contribution in [0.4, 0.5) is 15.8 Å². The SMILES string of the molecule is Cc1cccc2[nH]c(O)c(C=Nc3ccc(N4CCCCCC4)c(F)c3)c12. The third kappa shape index (κ3) is 3.54. The summed E-state index contributed by atoms with van der Waals surface area (Å²) in [4.78, 5) is 9.49. The summed E-state index contributed by atoms with van der Waals surface area (Å²) >= 11 is 0. The van der Waals surface area contributed by atoms with Crippen molar-refractivity contribution in [2.24, 2.45) is 4.99 Å². The van der Waals surface area contributed by atoms with Gasteiger partial charge in [-0.15, -0.1) is 0 Å². The lowest BCUT2D eigenvalue weighted by atomic mass is 10.1. The Bertz CT molecular complexity index is 985. The van der Waals surface area contributed by atoms with E-state index in [1.807, 2.05) is 37.3 Å². The first-order valence-electron chi connectivity index (χ1n) is 9.52. The highest BCUT2D eigenvalue weighted by Crippen LogP contribution is 2.30. The van der Waals surface area contributed by atoms with Crippen LogP contribution in [0.25, 0.3) is 10.9 Å². The minimum absolute atomic E-state index is 0.0738. The molecule has 0 bridgehead atoms. The van der Waals surface area contributed by atoms with E-state index in [4.69, 9.17) is 0 Å². The van der Waals surface area contributed by atoms with E-state index in [1.54, 1.807) is 6.21 Å². The first kappa shape index (κ1) is 17.6. The number of halogens is 1. The van der Waals surface area contributed by atoms with Gasteiger partial charge in [-0.1, -0.05) is 25.0 Å². The Balaban J connectivity index is 1.62. The molecule has 5 heteroatoms. The number of aromatic amines is 1. The monoisotopic (exact) mass is 365 g/mol. The molecule has 0 unspecified atom stereocenters. The molecule has 140 valence electrons. The number of aryl methyl sites for hydroxylation is 1.